The van der Waals surface area contributed by atoms with Gasteiger partial charge in [0.05, 0.1) is 19.8 Å². The minimum atomic E-state index is 0. The molecule has 0 aliphatic carbocycles. The first-order valence-corrected chi connectivity index (χ1v) is 11.5. The van der Waals surface area contributed by atoms with Gasteiger partial charge in [-0.25, -0.2) is 0 Å². The summed E-state index contributed by atoms with van der Waals surface area (Å²) in [4.78, 5) is 9.45. The van der Waals surface area contributed by atoms with Gasteiger partial charge in [-0.15, -0.1) is 24.0 Å². The fraction of sp³-hybridized carbons (Fsp3) is 0.708. The zero-order chi connectivity index (χ0) is 21.2. The van der Waals surface area contributed by atoms with Crippen LogP contribution in [0.2, 0.25) is 0 Å². The van der Waals surface area contributed by atoms with Crippen LogP contribution < -0.4 is 5.32 Å². The predicted molar refractivity (Wildman–Crippen MR) is 138 cm³/mol. The molecule has 0 radical (unpaired) electrons. The second-order valence-corrected chi connectivity index (χ2v) is 8.85. The number of hydrogen-bond donors (Lipinski definition) is 1. The molecule has 2 saturated heterocycles. The van der Waals surface area contributed by atoms with E-state index in [-0.39, 0.29) is 24.0 Å². The van der Waals surface area contributed by atoms with Gasteiger partial charge in [0.1, 0.15) is 0 Å². The van der Waals surface area contributed by atoms with E-state index in [2.05, 4.69) is 51.3 Å². The first kappa shape index (κ1) is 26.4. The number of aliphatic imine (C=N–C) groups is 1. The Balaban J connectivity index is 0.00000341. The molecule has 2 aliphatic heterocycles. The SMILES string of the molecule is CN=C(NCc1cccc(CN2CCC(C)CC2)c1)N1CCC(COCCOC)C1.I. The molecule has 1 atom stereocenters. The van der Waals surface area contributed by atoms with Crippen molar-refractivity contribution < 1.29 is 9.47 Å². The summed E-state index contributed by atoms with van der Waals surface area (Å²) in [6.45, 7) is 10.9. The van der Waals surface area contributed by atoms with Gasteiger partial charge in [0, 0.05) is 46.3 Å². The molecule has 1 aromatic carbocycles. The van der Waals surface area contributed by atoms with Crippen LogP contribution in [0.25, 0.3) is 0 Å². The van der Waals surface area contributed by atoms with Crippen LogP contribution in [0.1, 0.15) is 37.3 Å². The molecule has 31 heavy (non-hydrogen) atoms. The number of methoxy groups -OCH3 is 1. The minimum absolute atomic E-state index is 0. The number of guanidine groups is 1. The Hall–Kier alpha value is -0.900. The molecule has 2 aliphatic rings. The Morgan fingerprint density at radius 1 is 1.13 bits per heavy atom. The molecule has 1 aromatic rings. The highest BCUT2D eigenvalue weighted by atomic mass is 127. The largest absolute Gasteiger partial charge is 0.382 e. The van der Waals surface area contributed by atoms with Gasteiger partial charge in [0.25, 0.3) is 0 Å². The van der Waals surface area contributed by atoms with Crippen molar-refractivity contribution >= 4 is 29.9 Å². The molecular weight excluding hydrogens is 503 g/mol. The van der Waals surface area contributed by atoms with E-state index in [1.165, 1.54) is 37.1 Å². The molecule has 1 unspecified atom stereocenters. The highest BCUT2D eigenvalue weighted by Gasteiger charge is 2.25. The van der Waals surface area contributed by atoms with Crippen molar-refractivity contribution in [3.8, 4) is 0 Å². The number of rotatable bonds is 9. The van der Waals surface area contributed by atoms with Gasteiger partial charge in [-0.05, 0) is 49.4 Å². The number of likely N-dealkylation sites (tertiary alicyclic amines) is 2. The van der Waals surface area contributed by atoms with E-state index >= 15 is 0 Å². The maximum Gasteiger partial charge on any atom is 0.193 e. The Kier molecular flexibility index (Phi) is 12.1. The molecule has 2 heterocycles. The topological polar surface area (TPSA) is 49.3 Å². The van der Waals surface area contributed by atoms with E-state index in [1.54, 1.807) is 7.11 Å². The maximum atomic E-state index is 5.71. The lowest BCUT2D eigenvalue weighted by molar-refractivity contribution is 0.0536. The van der Waals surface area contributed by atoms with Gasteiger partial charge in [-0.3, -0.25) is 9.89 Å². The van der Waals surface area contributed by atoms with E-state index in [4.69, 9.17) is 9.47 Å². The number of benzene rings is 1. The number of nitrogens with zero attached hydrogens (tertiary/aromatic N) is 3. The Bertz CT molecular complexity index is 665. The zero-order valence-corrected chi connectivity index (χ0v) is 21.8. The van der Waals surface area contributed by atoms with Crippen LogP contribution in [-0.4, -0.2) is 75.9 Å². The first-order valence-electron chi connectivity index (χ1n) is 11.5. The third kappa shape index (κ3) is 8.86. The van der Waals surface area contributed by atoms with Crippen LogP contribution in [0.15, 0.2) is 29.3 Å². The predicted octanol–water partition coefficient (Wildman–Crippen LogP) is 3.60. The van der Waals surface area contributed by atoms with Crippen LogP contribution in [0.3, 0.4) is 0 Å². The number of ether oxygens (including phenoxy) is 2. The minimum Gasteiger partial charge on any atom is -0.382 e. The molecular formula is C24H41IN4O2. The number of halogens is 1. The lowest BCUT2D eigenvalue weighted by Gasteiger charge is -2.30. The quantitative estimate of drug-likeness (QED) is 0.223. The van der Waals surface area contributed by atoms with Crippen molar-refractivity contribution in [3.63, 3.8) is 0 Å². The van der Waals surface area contributed by atoms with Crippen molar-refractivity contribution in [1.82, 2.24) is 15.1 Å². The lowest BCUT2D eigenvalue weighted by Crippen LogP contribution is -2.39. The molecule has 0 bridgehead atoms. The summed E-state index contributed by atoms with van der Waals surface area (Å²) in [5.74, 6) is 2.44. The van der Waals surface area contributed by atoms with Gasteiger partial charge in [0.2, 0.25) is 0 Å². The molecule has 0 aromatic heterocycles. The van der Waals surface area contributed by atoms with Gasteiger partial charge in [-0.2, -0.15) is 0 Å². The second kappa shape index (κ2) is 14.3. The average Bonchev–Trinajstić information content (AvgIpc) is 3.22. The van der Waals surface area contributed by atoms with E-state index in [0.717, 1.165) is 51.1 Å². The standard InChI is InChI=1S/C24H40N4O2.HI/c1-20-7-10-27(11-8-20)17-22-6-4-5-21(15-22)16-26-24(25-2)28-12-9-23(18-28)19-30-14-13-29-3;/h4-6,15,20,23H,7-14,16-19H2,1-3H3,(H,25,26);1H. The van der Waals surface area contributed by atoms with Crippen molar-refractivity contribution in [2.24, 2.45) is 16.8 Å². The molecule has 1 N–H and O–H groups in total. The molecule has 0 spiro atoms. The van der Waals surface area contributed by atoms with E-state index in [9.17, 15) is 0 Å². The molecule has 2 fully saturated rings. The Morgan fingerprint density at radius 3 is 2.65 bits per heavy atom. The maximum absolute atomic E-state index is 5.71. The molecule has 176 valence electrons. The van der Waals surface area contributed by atoms with Crippen molar-refractivity contribution in [1.29, 1.82) is 0 Å². The van der Waals surface area contributed by atoms with Crippen LogP contribution in [-0.2, 0) is 22.6 Å². The summed E-state index contributed by atoms with van der Waals surface area (Å²) in [5, 5.41) is 3.56. The molecule has 3 rings (SSSR count). The Morgan fingerprint density at radius 2 is 1.90 bits per heavy atom. The zero-order valence-electron chi connectivity index (χ0n) is 19.5. The first-order chi connectivity index (χ1) is 14.7. The smallest absolute Gasteiger partial charge is 0.193 e. The van der Waals surface area contributed by atoms with Gasteiger partial charge in [-0.1, -0.05) is 31.2 Å². The lowest BCUT2D eigenvalue weighted by atomic mass is 9.98. The second-order valence-electron chi connectivity index (χ2n) is 8.85. The van der Waals surface area contributed by atoms with Gasteiger partial charge < -0.3 is 19.7 Å². The normalized spacial score (nSPS) is 20.7. The summed E-state index contributed by atoms with van der Waals surface area (Å²) in [5.41, 5.74) is 2.73. The van der Waals surface area contributed by atoms with Crippen molar-refractivity contribution in [2.75, 3.05) is 60.2 Å². The highest BCUT2D eigenvalue weighted by Crippen LogP contribution is 2.19. The molecule has 0 saturated carbocycles. The van der Waals surface area contributed by atoms with Crippen LogP contribution in [0, 0.1) is 11.8 Å². The van der Waals surface area contributed by atoms with Crippen LogP contribution in [0.5, 0.6) is 0 Å². The monoisotopic (exact) mass is 544 g/mol. The molecule has 6 nitrogen and oxygen atoms in total. The number of hydrogen-bond acceptors (Lipinski definition) is 4. The van der Waals surface area contributed by atoms with Crippen molar-refractivity contribution in [2.45, 2.75) is 39.3 Å². The molecule has 0 amide bonds. The molecule has 7 heteroatoms. The van der Waals surface area contributed by atoms with Crippen LogP contribution >= 0.6 is 24.0 Å². The number of nitrogens with one attached hydrogen (secondary N) is 1. The third-order valence-electron chi connectivity index (χ3n) is 6.31. The fourth-order valence-corrected chi connectivity index (χ4v) is 4.38. The summed E-state index contributed by atoms with van der Waals surface area (Å²) in [7, 11) is 3.58. The number of piperidine rings is 1. The van der Waals surface area contributed by atoms with Crippen LogP contribution in [0.4, 0.5) is 0 Å². The van der Waals surface area contributed by atoms with Gasteiger partial charge >= 0.3 is 0 Å². The van der Waals surface area contributed by atoms with Crippen molar-refractivity contribution in [3.05, 3.63) is 35.4 Å². The summed E-state index contributed by atoms with van der Waals surface area (Å²) >= 11 is 0. The van der Waals surface area contributed by atoms with Gasteiger partial charge in [0.15, 0.2) is 5.96 Å². The summed E-state index contributed by atoms with van der Waals surface area (Å²) in [6, 6.07) is 8.99. The fourth-order valence-electron chi connectivity index (χ4n) is 4.38. The third-order valence-corrected chi connectivity index (χ3v) is 6.31. The highest BCUT2D eigenvalue weighted by molar-refractivity contribution is 14.0. The summed E-state index contributed by atoms with van der Waals surface area (Å²) in [6.07, 6.45) is 3.80. The van der Waals surface area contributed by atoms with E-state index < -0.39 is 0 Å². The Labute approximate surface area is 205 Å². The van der Waals surface area contributed by atoms with E-state index in [0.29, 0.717) is 19.1 Å². The van der Waals surface area contributed by atoms with E-state index in [1.807, 2.05) is 7.05 Å². The average molecular weight is 545 g/mol. The summed E-state index contributed by atoms with van der Waals surface area (Å²) < 4.78 is 10.8.